The number of amides is 1. The lowest BCUT2D eigenvalue weighted by molar-refractivity contribution is -0.127. The van der Waals surface area contributed by atoms with Gasteiger partial charge in [-0.1, -0.05) is 48.2 Å². The first-order chi connectivity index (χ1) is 12.3. The molecule has 1 saturated heterocycles. The van der Waals surface area contributed by atoms with Gasteiger partial charge in [-0.15, -0.1) is 10.2 Å². The molecule has 0 spiro atoms. The van der Waals surface area contributed by atoms with Crippen LogP contribution in [0.15, 0.2) is 59.6 Å². The van der Waals surface area contributed by atoms with Crippen LogP contribution in [0.5, 0.6) is 0 Å². The largest absolute Gasteiger partial charge is 0.342 e. The van der Waals surface area contributed by atoms with Crippen LogP contribution >= 0.6 is 11.8 Å². The van der Waals surface area contributed by atoms with Crippen molar-refractivity contribution in [1.82, 2.24) is 15.1 Å². The summed E-state index contributed by atoms with van der Waals surface area (Å²) in [6.07, 6.45) is 2.24. The maximum atomic E-state index is 12.1. The Labute approximate surface area is 151 Å². The molecule has 0 saturated carbocycles. The molecule has 1 aliphatic rings. The third kappa shape index (κ3) is 3.66. The normalized spacial score (nSPS) is 14.2. The molecule has 1 aliphatic heterocycles. The highest BCUT2D eigenvalue weighted by Gasteiger charge is 2.17. The van der Waals surface area contributed by atoms with Crippen molar-refractivity contribution in [3.05, 3.63) is 54.6 Å². The van der Waals surface area contributed by atoms with Crippen molar-refractivity contribution in [1.29, 1.82) is 0 Å². The average molecular weight is 349 g/mol. The maximum Gasteiger partial charge on any atom is 0.232 e. The molecule has 126 valence electrons. The zero-order valence-electron chi connectivity index (χ0n) is 13.9. The van der Waals surface area contributed by atoms with Crippen LogP contribution in [0.25, 0.3) is 22.0 Å². The zero-order valence-corrected chi connectivity index (χ0v) is 14.7. The SMILES string of the molecule is O=C(CSc1ccc(-c2ccc3ccccc3c2)nn1)N1CCCC1. The van der Waals surface area contributed by atoms with E-state index in [0.717, 1.165) is 42.2 Å². The molecule has 2 aromatic carbocycles. The summed E-state index contributed by atoms with van der Waals surface area (Å²) in [4.78, 5) is 14.0. The minimum atomic E-state index is 0.197. The van der Waals surface area contributed by atoms with Gasteiger partial charge >= 0.3 is 0 Å². The summed E-state index contributed by atoms with van der Waals surface area (Å²) < 4.78 is 0. The van der Waals surface area contributed by atoms with E-state index in [-0.39, 0.29) is 5.91 Å². The summed E-state index contributed by atoms with van der Waals surface area (Å²) in [6.45, 7) is 1.79. The lowest BCUT2D eigenvalue weighted by Crippen LogP contribution is -2.29. The van der Waals surface area contributed by atoms with Gasteiger partial charge in [-0.2, -0.15) is 0 Å². The predicted octanol–water partition coefficient (Wildman–Crippen LogP) is 4.01. The van der Waals surface area contributed by atoms with E-state index in [1.165, 1.54) is 22.5 Å². The number of carbonyl (C=O) groups excluding carboxylic acids is 1. The van der Waals surface area contributed by atoms with Gasteiger partial charge in [-0.05, 0) is 41.8 Å². The molecule has 4 nitrogen and oxygen atoms in total. The number of fused-ring (bicyclic) bond motifs is 1. The second-order valence-electron chi connectivity index (χ2n) is 6.20. The molecule has 0 N–H and O–H groups in total. The summed E-state index contributed by atoms with van der Waals surface area (Å²) in [7, 11) is 0. The Balaban J connectivity index is 1.44. The van der Waals surface area contributed by atoms with E-state index in [4.69, 9.17) is 0 Å². The van der Waals surface area contributed by atoms with Crippen molar-refractivity contribution in [2.24, 2.45) is 0 Å². The van der Waals surface area contributed by atoms with Gasteiger partial charge in [-0.3, -0.25) is 4.79 Å². The molecule has 0 radical (unpaired) electrons. The third-order valence-corrected chi connectivity index (χ3v) is 5.39. The Hall–Kier alpha value is -2.40. The van der Waals surface area contributed by atoms with Crippen molar-refractivity contribution in [3.8, 4) is 11.3 Å². The highest BCUT2D eigenvalue weighted by molar-refractivity contribution is 7.99. The van der Waals surface area contributed by atoms with Gasteiger partial charge in [0.05, 0.1) is 11.4 Å². The summed E-state index contributed by atoms with van der Waals surface area (Å²) in [5, 5.41) is 11.8. The third-order valence-electron chi connectivity index (χ3n) is 4.49. The maximum absolute atomic E-state index is 12.1. The molecule has 1 fully saturated rings. The second kappa shape index (κ2) is 7.23. The minimum Gasteiger partial charge on any atom is -0.342 e. The molecule has 3 aromatic rings. The monoisotopic (exact) mass is 349 g/mol. The van der Waals surface area contributed by atoms with E-state index in [2.05, 4.69) is 40.5 Å². The Kier molecular flexibility index (Phi) is 4.65. The fourth-order valence-electron chi connectivity index (χ4n) is 3.09. The van der Waals surface area contributed by atoms with Gasteiger partial charge in [0.1, 0.15) is 5.03 Å². The zero-order chi connectivity index (χ0) is 17.1. The van der Waals surface area contributed by atoms with Crippen molar-refractivity contribution >= 4 is 28.4 Å². The van der Waals surface area contributed by atoms with Crippen LogP contribution in [0.3, 0.4) is 0 Å². The molecule has 5 heteroatoms. The lowest BCUT2D eigenvalue weighted by atomic mass is 10.1. The van der Waals surface area contributed by atoms with Gasteiger partial charge in [0.15, 0.2) is 0 Å². The van der Waals surface area contributed by atoms with Crippen LogP contribution in [-0.4, -0.2) is 39.8 Å². The number of aromatic nitrogens is 2. The summed E-state index contributed by atoms with van der Waals surface area (Å²) in [6, 6.07) is 18.5. The Bertz CT molecular complexity index is 889. The molecule has 4 rings (SSSR count). The Morgan fingerprint density at radius 2 is 1.76 bits per heavy atom. The molecule has 1 aromatic heterocycles. The van der Waals surface area contributed by atoms with Gasteiger partial charge in [0, 0.05) is 18.7 Å². The molecule has 0 unspecified atom stereocenters. The Morgan fingerprint density at radius 1 is 0.960 bits per heavy atom. The average Bonchev–Trinajstić information content (AvgIpc) is 3.21. The number of benzene rings is 2. The summed E-state index contributed by atoms with van der Waals surface area (Å²) in [5.74, 6) is 0.632. The molecular weight excluding hydrogens is 330 g/mol. The van der Waals surface area contributed by atoms with E-state index in [0.29, 0.717) is 5.75 Å². The van der Waals surface area contributed by atoms with Gasteiger partial charge in [-0.25, -0.2) is 0 Å². The Morgan fingerprint density at radius 3 is 2.52 bits per heavy atom. The fraction of sp³-hybridized carbons (Fsp3) is 0.250. The van der Waals surface area contributed by atoms with Gasteiger partial charge in [0.25, 0.3) is 0 Å². The molecule has 1 amide bonds. The van der Waals surface area contributed by atoms with Crippen molar-refractivity contribution in [2.75, 3.05) is 18.8 Å². The molecule has 25 heavy (non-hydrogen) atoms. The van der Waals surface area contributed by atoms with Crippen LogP contribution < -0.4 is 0 Å². The smallest absolute Gasteiger partial charge is 0.232 e. The lowest BCUT2D eigenvalue weighted by Gasteiger charge is -2.14. The first kappa shape index (κ1) is 16.1. The van der Waals surface area contributed by atoms with Crippen LogP contribution in [0, 0.1) is 0 Å². The second-order valence-corrected chi connectivity index (χ2v) is 7.19. The van der Waals surface area contributed by atoms with E-state index >= 15 is 0 Å². The predicted molar refractivity (Wildman–Crippen MR) is 102 cm³/mol. The van der Waals surface area contributed by atoms with Crippen molar-refractivity contribution < 1.29 is 4.79 Å². The number of hydrogen-bond donors (Lipinski definition) is 0. The fourth-order valence-corrected chi connectivity index (χ4v) is 3.81. The standard InChI is InChI=1S/C20H19N3OS/c24-20(23-11-3-4-12-23)14-25-19-10-9-18(21-22-19)17-8-7-15-5-1-2-6-16(15)13-17/h1-2,5-10,13H,3-4,11-12,14H2. The first-order valence-corrected chi connectivity index (χ1v) is 9.52. The van der Waals surface area contributed by atoms with Crippen LogP contribution in [-0.2, 0) is 4.79 Å². The number of rotatable bonds is 4. The molecule has 0 aliphatic carbocycles. The van der Waals surface area contributed by atoms with Crippen molar-refractivity contribution in [2.45, 2.75) is 17.9 Å². The van der Waals surface area contributed by atoms with Crippen molar-refractivity contribution in [3.63, 3.8) is 0 Å². The molecule has 0 bridgehead atoms. The van der Waals surface area contributed by atoms with Crippen LogP contribution in [0.2, 0.25) is 0 Å². The topological polar surface area (TPSA) is 46.1 Å². The minimum absolute atomic E-state index is 0.197. The summed E-state index contributed by atoms with van der Waals surface area (Å²) >= 11 is 1.46. The molecular formula is C20H19N3OS. The van der Waals surface area contributed by atoms with E-state index < -0.39 is 0 Å². The van der Waals surface area contributed by atoms with E-state index in [9.17, 15) is 4.79 Å². The first-order valence-electron chi connectivity index (χ1n) is 8.53. The van der Waals surface area contributed by atoms with Crippen LogP contribution in [0.1, 0.15) is 12.8 Å². The highest BCUT2D eigenvalue weighted by Crippen LogP contribution is 2.24. The summed E-state index contributed by atoms with van der Waals surface area (Å²) in [5.41, 5.74) is 1.90. The highest BCUT2D eigenvalue weighted by atomic mass is 32.2. The molecule has 0 atom stereocenters. The molecule has 2 heterocycles. The van der Waals surface area contributed by atoms with Gasteiger partial charge < -0.3 is 4.90 Å². The number of thioether (sulfide) groups is 1. The number of likely N-dealkylation sites (tertiary alicyclic amines) is 1. The quantitative estimate of drug-likeness (QED) is 0.668. The van der Waals surface area contributed by atoms with Crippen LogP contribution in [0.4, 0.5) is 0 Å². The number of carbonyl (C=O) groups is 1. The number of hydrogen-bond acceptors (Lipinski definition) is 4. The van der Waals surface area contributed by atoms with Gasteiger partial charge in [0.2, 0.25) is 5.91 Å². The number of nitrogens with zero attached hydrogens (tertiary/aromatic N) is 3. The van der Waals surface area contributed by atoms with E-state index in [1.807, 2.05) is 29.2 Å². The van der Waals surface area contributed by atoms with E-state index in [1.54, 1.807) is 0 Å².